The van der Waals surface area contributed by atoms with Gasteiger partial charge in [0, 0.05) is 30.5 Å². The Morgan fingerprint density at radius 1 is 1.24 bits per heavy atom. The van der Waals surface area contributed by atoms with Gasteiger partial charge in [0.1, 0.15) is 5.00 Å². The highest BCUT2D eigenvalue weighted by Crippen LogP contribution is 2.42. The zero-order chi connectivity index (χ0) is 20.1. The molecule has 0 unspecified atom stereocenters. The van der Waals surface area contributed by atoms with Gasteiger partial charge in [0.15, 0.2) is 16.6 Å². The summed E-state index contributed by atoms with van der Waals surface area (Å²) in [5.41, 5.74) is 2.28. The third-order valence-electron chi connectivity index (χ3n) is 4.99. The normalized spacial score (nSPS) is 14.8. The summed E-state index contributed by atoms with van der Waals surface area (Å²) < 4.78 is 16.8. The van der Waals surface area contributed by atoms with E-state index in [0.717, 1.165) is 20.7 Å². The highest BCUT2D eigenvalue weighted by molar-refractivity contribution is 7.23. The van der Waals surface area contributed by atoms with E-state index in [2.05, 4.69) is 10.3 Å². The van der Waals surface area contributed by atoms with Crippen molar-refractivity contribution < 1.29 is 23.8 Å². The fourth-order valence-electron chi connectivity index (χ4n) is 3.55. The summed E-state index contributed by atoms with van der Waals surface area (Å²) in [5, 5.41) is 4.64. The largest absolute Gasteiger partial charge is 0.465 e. The first-order chi connectivity index (χ1) is 14.0. The van der Waals surface area contributed by atoms with Crippen LogP contribution in [-0.4, -0.2) is 42.2 Å². The van der Waals surface area contributed by atoms with Gasteiger partial charge in [-0.25, -0.2) is 9.78 Å². The second-order valence-corrected chi connectivity index (χ2v) is 8.84. The molecule has 5 rings (SSSR count). The van der Waals surface area contributed by atoms with Gasteiger partial charge >= 0.3 is 5.97 Å². The Morgan fingerprint density at radius 2 is 2.03 bits per heavy atom. The molecule has 1 aromatic carbocycles. The Labute approximate surface area is 174 Å². The molecular weight excluding hydrogens is 414 g/mol. The summed E-state index contributed by atoms with van der Waals surface area (Å²) in [6, 6.07) is 3.76. The molecule has 29 heavy (non-hydrogen) atoms. The summed E-state index contributed by atoms with van der Waals surface area (Å²) in [5.74, 6) is 1.03. The first kappa shape index (κ1) is 18.2. The highest BCUT2D eigenvalue weighted by atomic mass is 32.1. The van der Waals surface area contributed by atoms with Gasteiger partial charge in [0.25, 0.3) is 0 Å². The van der Waals surface area contributed by atoms with Gasteiger partial charge in [-0.05, 0) is 12.0 Å². The molecule has 150 valence electrons. The van der Waals surface area contributed by atoms with E-state index < -0.39 is 0 Å². The second-order valence-electron chi connectivity index (χ2n) is 6.71. The van der Waals surface area contributed by atoms with Crippen molar-refractivity contribution in [2.45, 2.75) is 19.9 Å². The van der Waals surface area contributed by atoms with E-state index in [1.807, 2.05) is 12.1 Å². The number of methoxy groups -OCH3 is 1. The molecular formula is C19H17N3O5S2. The predicted molar refractivity (Wildman–Crippen MR) is 109 cm³/mol. The molecule has 10 heteroatoms. The Balaban J connectivity index is 1.51. The maximum absolute atomic E-state index is 12.5. The van der Waals surface area contributed by atoms with Gasteiger partial charge in [-0.1, -0.05) is 11.3 Å². The van der Waals surface area contributed by atoms with E-state index in [4.69, 9.17) is 14.2 Å². The van der Waals surface area contributed by atoms with Crippen molar-refractivity contribution in [3.05, 3.63) is 28.1 Å². The van der Waals surface area contributed by atoms with Gasteiger partial charge in [-0.2, -0.15) is 0 Å². The molecule has 2 aliphatic heterocycles. The number of nitrogens with zero attached hydrogens (tertiary/aromatic N) is 2. The number of anilines is 2. The minimum Gasteiger partial charge on any atom is -0.465 e. The van der Waals surface area contributed by atoms with Crippen molar-refractivity contribution in [1.82, 2.24) is 9.88 Å². The lowest BCUT2D eigenvalue weighted by molar-refractivity contribution is -0.129. The Morgan fingerprint density at radius 3 is 2.79 bits per heavy atom. The smallest absolute Gasteiger partial charge is 0.341 e. The third-order valence-corrected chi connectivity index (χ3v) is 7.06. The van der Waals surface area contributed by atoms with Crippen LogP contribution in [0.3, 0.4) is 0 Å². The minimum atomic E-state index is -0.386. The molecule has 0 saturated heterocycles. The average Bonchev–Trinajstić information content (AvgIpc) is 3.40. The number of thiazole rings is 1. The molecule has 2 aromatic heterocycles. The SMILES string of the molecule is COC(=O)c1c(Nc2nc3cc4c(cc3s2)OCO4)sc2c1CCN(C(C)=O)C2. The molecule has 0 fully saturated rings. The highest BCUT2D eigenvalue weighted by Gasteiger charge is 2.30. The number of rotatable bonds is 3. The van der Waals surface area contributed by atoms with Crippen LogP contribution in [0.25, 0.3) is 10.2 Å². The van der Waals surface area contributed by atoms with E-state index in [1.54, 1.807) is 11.8 Å². The van der Waals surface area contributed by atoms with Gasteiger partial charge in [0.05, 0.1) is 29.4 Å². The van der Waals surface area contributed by atoms with Crippen molar-refractivity contribution in [2.24, 2.45) is 0 Å². The van der Waals surface area contributed by atoms with Crippen LogP contribution in [0.5, 0.6) is 11.5 Å². The van der Waals surface area contributed by atoms with Crippen LogP contribution < -0.4 is 14.8 Å². The maximum Gasteiger partial charge on any atom is 0.341 e. The third kappa shape index (κ3) is 3.08. The number of aromatic nitrogens is 1. The van der Waals surface area contributed by atoms with Crippen LogP contribution in [0.2, 0.25) is 0 Å². The van der Waals surface area contributed by atoms with Gasteiger partial charge in [-0.3, -0.25) is 4.79 Å². The van der Waals surface area contributed by atoms with Crippen molar-refractivity contribution >= 4 is 54.9 Å². The van der Waals surface area contributed by atoms with Crippen LogP contribution in [0.4, 0.5) is 10.1 Å². The summed E-state index contributed by atoms with van der Waals surface area (Å²) in [6.45, 7) is 2.88. The Hall–Kier alpha value is -2.85. The first-order valence-electron chi connectivity index (χ1n) is 8.99. The van der Waals surface area contributed by atoms with Gasteiger partial charge in [-0.15, -0.1) is 11.3 Å². The number of benzene rings is 1. The molecule has 0 spiro atoms. The molecule has 4 heterocycles. The molecule has 0 saturated carbocycles. The van der Waals surface area contributed by atoms with Crippen molar-refractivity contribution in [2.75, 3.05) is 25.8 Å². The average molecular weight is 431 g/mol. The van der Waals surface area contributed by atoms with Crippen LogP contribution in [0.1, 0.15) is 27.7 Å². The number of thiophene rings is 1. The topological polar surface area (TPSA) is 90.0 Å². The number of amides is 1. The number of hydrogen-bond acceptors (Lipinski definition) is 9. The molecule has 1 amide bonds. The molecule has 0 atom stereocenters. The zero-order valence-corrected chi connectivity index (χ0v) is 17.4. The summed E-state index contributed by atoms with van der Waals surface area (Å²) >= 11 is 2.93. The van der Waals surface area contributed by atoms with Crippen LogP contribution in [0, 0.1) is 0 Å². The lowest BCUT2D eigenvalue weighted by Gasteiger charge is -2.25. The number of nitrogens with one attached hydrogen (secondary N) is 1. The first-order valence-corrected chi connectivity index (χ1v) is 10.6. The lowest BCUT2D eigenvalue weighted by atomic mass is 10.0. The van der Waals surface area contributed by atoms with Crippen LogP contribution in [-0.2, 0) is 22.5 Å². The Kier molecular flexibility index (Phi) is 4.32. The fraction of sp³-hybridized carbons (Fsp3) is 0.316. The standard InChI is InChI=1S/C19H17N3O5S2/c1-9(23)22-4-3-10-15(7-22)28-17(16(10)18(24)25-2)21-19-20-11-5-12-13(27-8-26-12)6-14(11)29-19/h5-6H,3-4,7-8H2,1-2H3,(H,20,21). The minimum absolute atomic E-state index is 0.0295. The van der Waals surface area contributed by atoms with Crippen molar-refractivity contribution in [3.63, 3.8) is 0 Å². The quantitative estimate of drug-likeness (QED) is 0.635. The maximum atomic E-state index is 12.5. The van der Waals surface area contributed by atoms with Gasteiger partial charge in [0.2, 0.25) is 12.7 Å². The second kappa shape index (κ2) is 6.89. The molecule has 0 bridgehead atoms. The monoisotopic (exact) mass is 431 g/mol. The van der Waals surface area contributed by atoms with Crippen molar-refractivity contribution in [3.8, 4) is 11.5 Å². The number of carbonyl (C=O) groups is 2. The van der Waals surface area contributed by atoms with E-state index in [9.17, 15) is 9.59 Å². The molecule has 2 aliphatic rings. The number of carbonyl (C=O) groups excluding carboxylic acids is 2. The Bertz CT molecular complexity index is 1110. The predicted octanol–water partition coefficient (Wildman–Crippen LogP) is 3.52. The number of esters is 1. The number of hydrogen-bond donors (Lipinski definition) is 1. The molecule has 0 aliphatic carbocycles. The molecule has 0 radical (unpaired) electrons. The van der Waals surface area contributed by atoms with E-state index in [1.165, 1.54) is 29.8 Å². The molecule has 1 N–H and O–H groups in total. The van der Waals surface area contributed by atoms with E-state index >= 15 is 0 Å². The number of fused-ring (bicyclic) bond motifs is 3. The summed E-state index contributed by atoms with van der Waals surface area (Å²) in [4.78, 5) is 31.7. The number of ether oxygens (including phenoxy) is 3. The van der Waals surface area contributed by atoms with E-state index in [-0.39, 0.29) is 18.7 Å². The molecule has 3 aromatic rings. The van der Waals surface area contributed by atoms with E-state index in [0.29, 0.717) is 46.7 Å². The summed E-state index contributed by atoms with van der Waals surface area (Å²) in [7, 11) is 1.38. The molecule has 8 nitrogen and oxygen atoms in total. The van der Waals surface area contributed by atoms with Gasteiger partial charge < -0.3 is 24.4 Å². The zero-order valence-electron chi connectivity index (χ0n) is 15.7. The van der Waals surface area contributed by atoms with Crippen LogP contribution in [0.15, 0.2) is 12.1 Å². The summed E-state index contributed by atoms with van der Waals surface area (Å²) in [6.07, 6.45) is 0.624. The van der Waals surface area contributed by atoms with Crippen LogP contribution >= 0.6 is 22.7 Å². The lowest BCUT2D eigenvalue weighted by Crippen LogP contribution is -2.33. The fourth-order valence-corrected chi connectivity index (χ4v) is 5.74. The van der Waals surface area contributed by atoms with Crippen molar-refractivity contribution in [1.29, 1.82) is 0 Å².